The van der Waals surface area contributed by atoms with Crippen molar-refractivity contribution in [2.24, 2.45) is 0 Å². The van der Waals surface area contributed by atoms with Crippen LogP contribution in [0.25, 0.3) is 11.0 Å². The largest absolute Gasteiger partial charge is 0.594 e. The van der Waals surface area contributed by atoms with Crippen LogP contribution in [0.1, 0.15) is 0 Å². The monoisotopic (exact) mass is 284 g/mol. The Morgan fingerprint density at radius 1 is 1.50 bits per heavy atom. The van der Waals surface area contributed by atoms with E-state index in [-0.39, 0.29) is 12.6 Å². The molecule has 0 radical (unpaired) electrons. The second-order valence-electron chi connectivity index (χ2n) is 3.07. The van der Waals surface area contributed by atoms with Crippen LogP contribution in [0.15, 0.2) is 22.7 Å². The highest BCUT2D eigenvalue weighted by atomic mass is 79.9. The van der Waals surface area contributed by atoms with Gasteiger partial charge in [0.05, 0.1) is 16.2 Å². The minimum atomic E-state index is -0.0429. The molecular weight excluding hydrogens is 276 g/mol. The molecule has 0 saturated heterocycles. The van der Waals surface area contributed by atoms with Crippen molar-refractivity contribution in [2.75, 3.05) is 18.5 Å². The number of halogens is 1. The summed E-state index contributed by atoms with van der Waals surface area (Å²) in [5.74, 6) is 0.203. The molecule has 0 aliphatic heterocycles. The first-order valence-corrected chi connectivity index (χ1v) is 5.42. The van der Waals surface area contributed by atoms with Crippen molar-refractivity contribution >= 4 is 32.9 Å². The normalized spacial score (nSPS) is 10.6. The zero-order valence-electron chi connectivity index (χ0n) is 8.22. The van der Waals surface area contributed by atoms with Gasteiger partial charge in [-0.3, -0.25) is 0 Å². The summed E-state index contributed by atoms with van der Waals surface area (Å²) in [6.07, 6.45) is 0. The first-order chi connectivity index (χ1) is 7.72. The van der Waals surface area contributed by atoms with Gasteiger partial charge >= 0.3 is 0 Å². The third-order valence-electron chi connectivity index (χ3n) is 1.96. The first-order valence-electron chi connectivity index (χ1n) is 4.63. The Morgan fingerprint density at radius 2 is 2.31 bits per heavy atom. The predicted octanol–water partition coefficient (Wildman–Crippen LogP) is 0.430. The maximum atomic E-state index is 11.6. The van der Waals surface area contributed by atoms with E-state index in [0.717, 1.165) is 0 Å². The fraction of sp³-hybridized carbons (Fsp3) is 0.222. The second-order valence-corrected chi connectivity index (χ2v) is 3.92. The number of nitrogens with zero attached hydrogens (tertiary/aromatic N) is 3. The lowest BCUT2D eigenvalue weighted by Gasteiger charge is -2.04. The number of aliphatic hydroxyl groups is 1. The Bertz CT molecular complexity index is 520. The highest BCUT2D eigenvalue weighted by molar-refractivity contribution is 9.10. The molecule has 2 N–H and O–H groups in total. The van der Waals surface area contributed by atoms with Crippen molar-refractivity contribution < 1.29 is 9.95 Å². The number of hydrogen-bond donors (Lipinski definition) is 2. The van der Waals surface area contributed by atoms with Gasteiger partial charge in [-0.25, -0.2) is 4.98 Å². The minimum Gasteiger partial charge on any atom is -0.594 e. The summed E-state index contributed by atoms with van der Waals surface area (Å²) in [7, 11) is 0. The van der Waals surface area contributed by atoms with Crippen LogP contribution in [-0.4, -0.2) is 28.3 Å². The number of benzene rings is 1. The average Bonchev–Trinajstić information content (AvgIpc) is 2.26. The van der Waals surface area contributed by atoms with Crippen LogP contribution < -0.4 is 10.2 Å². The fourth-order valence-electron chi connectivity index (χ4n) is 1.30. The summed E-state index contributed by atoms with van der Waals surface area (Å²) >= 11 is 3.26. The summed E-state index contributed by atoms with van der Waals surface area (Å²) in [4.78, 5) is 4.66. The van der Waals surface area contributed by atoms with Crippen molar-refractivity contribution in [3.05, 3.63) is 27.9 Å². The van der Waals surface area contributed by atoms with E-state index in [1.165, 1.54) is 0 Å². The molecule has 0 fully saturated rings. The number of fused-ring (bicyclic) bond motifs is 1. The zero-order chi connectivity index (χ0) is 11.5. The molecule has 0 bridgehead atoms. The maximum absolute atomic E-state index is 11.6. The lowest BCUT2D eigenvalue weighted by atomic mass is 10.3. The minimum absolute atomic E-state index is 0.0429. The van der Waals surface area contributed by atoms with Crippen molar-refractivity contribution in [1.29, 1.82) is 0 Å². The standard InChI is InChI=1S/C9H9BrN4O2/c10-6-2-1-3-7-8(6)14(16)13-9(12-7)11-4-5-15/h1-3,15H,4-5H2,(H,11,12,13). The van der Waals surface area contributed by atoms with Gasteiger partial charge in [-0.05, 0) is 32.9 Å². The molecule has 0 aliphatic rings. The molecule has 0 spiro atoms. The summed E-state index contributed by atoms with van der Waals surface area (Å²) in [5, 5.41) is 26.7. The van der Waals surface area contributed by atoms with Crippen LogP contribution in [0.5, 0.6) is 0 Å². The Hall–Kier alpha value is -1.47. The molecule has 6 nitrogen and oxygen atoms in total. The molecule has 1 heterocycles. The molecule has 2 rings (SSSR count). The van der Waals surface area contributed by atoms with E-state index in [2.05, 4.69) is 31.3 Å². The second kappa shape index (κ2) is 4.58. The van der Waals surface area contributed by atoms with E-state index in [0.29, 0.717) is 26.9 Å². The van der Waals surface area contributed by atoms with Gasteiger partial charge in [0.1, 0.15) is 5.52 Å². The Kier molecular flexibility index (Phi) is 3.16. The molecular formula is C9H9BrN4O2. The number of hydrogen-bond acceptors (Lipinski definition) is 5. The molecule has 1 aromatic heterocycles. The van der Waals surface area contributed by atoms with Gasteiger partial charge < -0.3 is 15.6 Å². The lowest BCUT2D eigenvalue weighted by molar-refractivity contribution is -0.642. The van der Waals surface area contributed by atoms with Gasteiger partial charge in [0.15, 0.2) is 0 Å². The molecule has 0 amide bonds. The quantitative estimate of drug-likeness (QED) is 0.631. The number of aliphatic hydroxyl groups excluding tert-OH is 1. The maximum Gasteiger partial charge on any atom is 0.290 e. The third-order valence-corrected chi connectivity index (χ3v) is 2.60. The summed E-state index contributed by atoms with van der Waals surface area (Å²) in [6.45, 7) is 0.262. The summed E-state index contributed by atoms with van der Waals surface area (Å²) in [5.41, 5.74) is 0.928. The van der Waals surface area contributed by atoms with E-state index in [1.54, 1.807) is 18.2 Å². The molecule has 0 atom stereocenters. The summed E-state index contributed by atoms with van der Waals surface area (Å²) in [6, 6.07) is 5.26. The van der Waals surface area contributed by atoms with E-state index >= 15 is 0 Å². The van der Waals surface area contributed by atoms with Gasteiger partial charge in [-0.2, -0.15) is 0 Å². The molecule has 2 aromatic rings. The van der Waals surface area contributed by atoms with Crippen LogP contribution in [0.4, 0.5) is 5.95 Å². The van der Waals surface area contributed by atoms with Crippen LogP contribution in [0.3, 0.4) is 0 Å². The Morgan fingerprint density at radius 3 is 3.06 bits per heavy atom. The molecule has 0 saturated carbocycles. The number of nitrogens with one attached hydrogen (secondary N) is 1. The highest BCUT2D eigenvalue weighted by Crippen LogP contribution is 2.18. The molecule has 0 unspecified atom stereocenters. The number of aromatic nitrogens is 3. The van der Waals surface area contributed by atoms with Gasteiger partial charge in [0.25, 0.3) is 11.5 Å². The van der Waals surface area contributed by atoms with E-state index in [4.69, 9.17) is 5.11 Å². The Labute approximate surface area is 99.6 Å². The van der Waals surface area contributed by atoms with Crippen molar-refractivity contribution in [2.45, 2.75) is 0 Å². The van der Waals surface area contributed by atoms with Gasteiger partial charge in [-0.1, -0.05) is 6.07 Å². The lowest BCUT2D eigenvalue weighted by Crippen LogP contribution is -2.34. The Balaban J connectivity index is 2.51. The van der Waals surface area contributed by atoms with Crippen LogP contribution in [-0.2, 0) is 0 Å². The highest BCUT2D eigenvalue weighted by Gasteiger charge is 2.13. The van der Waals surface area contributed by atoms with Crippen LogP contribution in [0, 0.1) is 5.21 Å². The smallest absolute Gasteiger partial charge is 0.290 e. The van der Waals surface area contributed by atoms with Gasteiger partial charge in [-0.15, -0.1) is 0 Å². The fourth-order valence-corrected chi connectivity index (χ4v) is 1.81. The van der Waals surface area contributed by atoms with Gasteiger partial charge in [0.2, 0.25) is 0 Å². The van der Waals surface area contributed by atoms with E-state index in [1.807, 2.05) is 0 Å². The van der Waals surface area contributed by atoms with Crippen molar-refractivity contribution in [1.82, 2.24) is 10.1 Å². The average molecular weight is 285 g/mol. The predicted molar refractivity (Wildman–Crippen MR) is 61.8 cm³/mol. The van der Waals surface area contributed by atoms with Crippen LogP contribution in [0.2, 0.25) is 0 Å². The van der Waals surface area contributed by atoms with E-state index in [9.17, 15) is 5.21 Å². The number of anilines is 1. The molecule has 1 aromatic carbocycles. The van der Waals surface area contributed by atoms with Crippen molar-refractivity contribution in [3.8, 4) is 0 Å². The van der Waals surface area contributed by atoms with Gasteiger partial charge in [0, 0.05) is 6.54 Å². The number of rotatable bonds is 3. The third kappa shape index (κ3) is 2.05. The summed E-state index contributed by atoms with van der Waals surface area (Å²) < 4.78 is 0.647. The molecule has 16 heavy (non-hydrogen) atoms. The van der Waals surface area contributed by atoms with Crippen molar-refractivity contribution in [3.63, 3.8) is 0 Å². The SMILES string of the molecule is [O-][n+]1nc(NCCO)nc2cccc(Br)c21. The number of para-hydroxylation sites is 1. The zero-order valence-corrected chi connectivity index (χ0v) is 9.81. The van der Waals surface area contributed by atoms with E-state index < -0.39 is 0 Å². The van der Waals surface area contributed by atoms with Crippen LogP contribution >= 0.6 is 15.9 Å². The molecule has 7 heteroatoms. The molecule has 84 valence electrons. The molecule has 0 aliphatic carbocycles. The topological polar surface area (TPSA) is 85.0 Å². The first kappa shape index (κ1) is 11.0.